The first-order chi connectivity index (χ1) is 11.2. The predicted molar refractivity (Wildman–Crippen MR) is 87.8 cm³/mol. The van der Waals surface area contributed by atoms with Gasteiger partial charge in [0.05, 0.1) is 25.9 Å². The fraction of sp³-hybridized carbons (Fsp3) is 0.111. The first kappa shape index (κ1) is 16.1. The van der Waals surface area contributed by atoms with Gasteiger partial charge >= 0.3 is 0 Å². The second-order valence-electron chi connectivity index (χ2n) is 4.60. The zero-order valence-corrected chi connectivity index (χ0v) is 12.9. The summed E-state index contributed by atoms with van der Waals surface area (Å²) in [6.45, 7) is 0. The van der Waals surface area contributed by atoms with E-state index in [1.54, 1.807) is 55.8 Å². The summed E-state index contributed by atoms with van der Waals surface area (Å²) in [4.78, 5) is 12.1. The number of rotatable bonds is 6. The molecule has 0 unspecified atom stereocenters. The van der Waals surface area contributed by atoms with Crippen LogP contribution < -0.4 is 14.8 Å². The third-order valence-corrected chi connectivity index (χ3v) is 3.17. The molecule has 0 aromatic heterocycles. The highest BCUT2D eigenvalue weighted by Crippen LogP contribution is 2.27. The summed E-state index contributed by atoms with van der Waals surface area (Å²) in [5.41, 5.74) is 1.88. The molecule has 0 heterocycles. The standard InChI is InChI=1S/C18H16N2O3/c1-22-17-8-5-14(11-18(17)23-2)16(21)9-10-20-15-6-3-13(12-19)4-7-15/h3-11,20H,1-2H3. The van der Waals surface area contributed by atoms with Gasteiger partial charge in [-0.2, -0.15) is 5.26 Å². The summed E-state index contributed by atoms with van der Waals surface area (Å²) in [7, 11) is 3.06. The number of benzene rings is 2. The van der Waals surface area contributed by atoms with Gasteiger partial charge in [0.15, 0.2) is 17.3 Å². The molecule has 0 saturated heterocycles. The van der Waals surface area contributed by atoms with E-state index in [1.165, 1.54) is 13.2 Å². The number of nitrogens with one attached hydrogen (secondary N) is 1. The lowest BCUT2D eigenvalue weighted by Crippen LogP contribution is -1.98. The summed E-state index contributed by atoms with van der Waals surface area (Å²) in [5.74, 6) is 0.919. The molecule has 0 aliphatic carbocycles. The Morgan fingerprint density at radius 2 is 1.78 bits per heavy atom. The van der Waals surface area contributed by atoms with Gasteiger partial charge in [-0.1, -0.05) is 0 Å². The minimum absolute atomic E-state index is 0.160. The van der Waals surface area contributed by atoms with Crippen molar-refractivity contribution in [3.8, 4) is 17.6 Å². The van der Waals surface area contributed by atoms with Crippen LogP contribution in [0.3, 0.4) is 0 Å². The molecule has 0 atom stereocenters. The number of hydrogen-bond donors (Lipinski definition) is 1. The molecule has 5 heteroatoms. The van der Waals surface area contributed by atoms with Crippen LogP contribution in [0.15, 0.2) is 54.7 Å². The molecule has 5 nitrogen and oxygen atoms in total. The van der Waals surface area contributed by atoms with Crippen LogP contribution in [0.5, 0.6) is 11.5 Å². The molecule has 0 amide bonds. The van der Waals surface area contributed by atoms with Crippen LogP contribution in [-0.4, -0.2) is 20.0 Å². The molecular weight excluding hydrogens is 292 g/mol. The van der Waals surface area contributed by atoms with E-state index in [1.807, 2.05) is 6.07 Å². The Bertz CT molecular complexity index is 759. The lowest BCUT2D eigenvalue weighted by Gasteiger charge is -2.08. The van der Waals surface area contributed by atoms with E-state index in [2.05, 4.69) is 5.32 Å². The van der Waals surface area contributed by atoms with Crippen LogP contribution in [0.1, 0.15) is 15.9 Å². The monoisotopic (exact) mass is 308 g/mol. The molecule has 0 bridgehead atoms. The smallest absolute Gasteiger partial charge is 0.187 e. The first-order valence-electron chi connectivity index (χ1n) is 6.87. The van der Waals surface area contributed by atoms with Gasteiger partial charge < -0.3 is 14.8 Å². The normalized spacial score (nSPS) is 10.1. The number of nitriles is 1. The van der Waals surface area contributed by atoms with Gasteiger partial charge in [0.1, 0.15) is 0 Å². The summed E-state index contributed by atoms with van der Waals surface area (Å²) >= 11 is 0. The maximum absolute atomic E-state index is 12.1. The van der Waals surface area contributed by atoms with E-state index in [0.29, 0.717) is 22.6 Å². The van der Waals surface area contributed by atoms with Crippen molar-refractivity contribution in [1.82, 2.24) is 0 Å². The Kier molecular flexibility index (Phi) is 5.37. The SMILES string of the molecule is COc1ccc(C(=O)C=CNc2ccc(C#N)cc2)cc1OC. The fourth-order valence-electron chi connectivity index (χ4n) is 1.94. The Balaban J connectivity index is 2.04. The maximum atomic E-state index is 12.1. The van der Waals surface area contributed by atoms with Crippen LogP contribution in [0.4, 0.5) is 5.69 Å². The number of nitrogens with zero attached hydrogens (tertiary/aromatic N) is 1. The third kappa shape index (κ3) is 4.11. The van der Waals surface area contributed by atoms with Crippen molar-refractivity contribution >= 4 is 11.5 Å². The number of methoxy groups -OCH3 is 2. The van der Waals surface area contributed by atoms with Crippen molar-refractivity contribution in [3.05, 3.63) is 65.9 Å². The first-order valence-corrected chi connectivity index (χ1v) is 6.87. The van der Waals surface area contributed by atoms with E-state index in [0.717, 1.165) is 5.69 Å². The van der Waals surface area contributed by atoms with E-state index in [9.17, 15) is 4.79 Å². The second kappa shape index (κ2) is 7.66. The molecule has 0 spiro atoms. The number of hydrogen-bond acceptors (Lipinski definition) is 5. The molecular formula is C18H16N2O3. The van der Waals surface area contributed by atoms with E-state index < -0.39 is 0 Å². The highest BCUT2D eigenvalue weighted by Gasteiger charge is 2.08. The van der Waals surface area contributed by atoms with Gasteiger partial charge in [-0.15, -0.1) is 0 Å². The molecule has 0 aliphatic rings. The number of allylic oxidation sites excluding steroid dienone is 1. The summed E-state index contributed by atoms with van der Waals surface area (Å²) in [5, 5.41) is 11.7. The lowest BCUT2D eigenvalue weighted by molar-refractivity contribution is 0.104. The van der Waals surface area contributed by atoms with Gasteiger partial charge in [-0.3, -0.25) is 4.79 Å². The van der Waals surface area contributed by atoms with Crippen molar-refractivity contribution in [2.45, 2.75) is 0 Å². The Hall–Kier alpha value is -3.26. The minimum Gasteiger partial charge on any atom is -0.493 e. The number of ether oxygens (including phenoxy) is 2. The average molecular weight is 308 g/mol. The molecule has 0 saturated carbocycles. The van der Waals surface area contributed by atoms with Gasteiger partial charge in [-0.25, -0.2) is 0 Å². The number of carbonyl (C=O) groups is 1. The zero-order chi connectivity index (χ0) is 16.7. The molecule has 2 aromatic carbocycles. The topological polar surface area (TPSA) is 71.3 Å². The third-order valence-electron chi connectivity index (χ3n) is 3.17. The van der Waals surface area contributed by atoms with Crippen molar-refractivity contribution in [2.24, 2.45) is 0 Å². The van der Waals surface area contributed by atoms with Gasteiger partial charge in [-0.05, 0) is 42.5 Å². The molecule has 0 radical (unpaired) electrons. The maximum Gasteiger partial charge on any atom is 0.187 e. The predicted octanol–water partition coefficient (Wildman–Crippen LogP) is 3.38. The minimum atomic E-state index is -0.160. The van der Waals surface area contributed by atoms with Gasteiger partial charge in [0, 0.05) is 23.5 Å². The van der Waals surface area contributed by atoms with Crippen molar-refractivity contribution in [3.63, 3.8) is 0 Å². The summed E-state index contributed by atoms with van der Waals surface area (Å²) < 4.78 is 10.3. The number of carbonyl (C=O) groups excluding carboxylic acids is 1. The largest absolute Gasteiger partial charge is 0.493 e. The van der Waals surface area contributed by atoms with Crippen LogP contribution in [0.2, 0.25) is 0 Å². The Morgan fingerprint density at radius 1 is 1.09 bits per heavy atom. The zero-order valence-electron chi connectivity index (χ0n) is 12.9. The van der Waals surface area contributed by atoms with Crippen LogP contribution in [0.25, 0.3) is 0 Å². The molecule has 23 heavy (non-hydrogen) atoms. The average Bonchev–Trinajstić information content (AvgIpc) is 2.61. The molecule has 0 aliphatic heterocycles. The van der Waals surface area contributed by atoms with E-state index in [4.69, 9.17) is 14.7 Å². The summed E-state index contributed by atoms with van der Waals surface area (Å²) in [6.07, 6.45) is 2.99. The van der Waals surface area contributed by atoms with Crippen molar-refractivity contribution < 1.29 is 14.3 Å². The Labute approximate surface area is 134 Å². The quantitative estimate of drug-likeness (QED) is 0.654. The van der Waals surface area contributed by atoms with Crippen LogP contribution in [0, 0.1) is 11.3 Å². The van der Waals surface area contributed by atoms with Crippen LogP contribution in [-0.2, 0) is 0 Å². The highest BCUT2D eigenvalue weighted by molar-refractivity contribution is 6.05. The van der Waals surface area contributed by atoms with Crippen molar-refractivity contribution in [1.29, 1.82) is 5.26 Å². The van der Waals surface area contributed by atoms with Gasteiger partial charge in [0.2, 0.25) is 0 Å². The lowest BCUT2D eigenvalue weighted by atomic mass is 10.1. The number of ketones is 1. The summed E-state index contributed by atoms with van der Waals surface area (Å²) in [6, 6.07) is 14.0. The molecule has 116 valence electrons. The fourth-order valence-corrected chi connectivity index (χ4v) is 1.94. The molecule has 2 aromatic rings. The van der Waals surface area contributed by atoms with E-state index in [-0.39, 0.29) is 5.78 Å². The number of anilines is 1. The van der Waals surface area contributed by atoms with Crippen molar-refractivity contribution in [2.75, 3.05) is 19.5 Å². The Morgan fingerprint density at radius 3 is 2.39 bits per heavy atom. The molecule has 2 rings (SSSR count). The highest BCUT2D eigenvalue weighted by atomic mass is 16.5. The van der Waals surface area contributed by atoms with Crippen LogP contribution >= 0.6 is 0 Å². The second-order valence-corrected chi connectivity index (χ2v) is 4.60. The molecule has 0 fully saturated rings. The van der Waals surface area contributed by atoms with Gasteiger partial charge in [0.25, 0.3) is 0 Å². The van der Waals surface area contributed by atoms with E-state index >= 15 is 0 Å². The molecule has 1 N–H and O–H groups in total.